The van der Waals surface area contributed by atoms with Crippen molar-refractivity contribution in [1.29, 1.82) is 0 Å². The molecule has 0 nitrogen and oxygen atoms in total. The van der Waals surface area contributed by atoms with E-state index in [2.05, 4.69) is 109 Å². The molecule has 3 aromatic rings. The molecular weight excluding hydrogens is 688 g/mol. The minimum absolute atomic E-state index is 0. The summed E-state index contributed by atoms with van der Waals surface area (Å²) in [5.41, 5.74) is 11.3. The van der Waals surface area contributed by atoms with Crippen LogP contribution in [0.4, 0.5) is 13.2 Å². The quantitative estimate of drug-likeness (QED) is 0.291. The van der Waals surface area contributed by atoms with Gasteiger partial charge in [-0.05, 0) is 0 Å². The Morgan fingerprint density at radius 3 is 1.84 bits per heavy atom. The molecule has 1 atom stereocenters. The zero-order valence-corrected chi connectivity index (χ0v) is 32.1. The van der Waals surface area contributed by atoms with E-state index in [1.807, 2.05) is 0 Å². The fraction of sp³-hybridized carbons (Fsp3) is 0.410. The first-order valence-electron chi connectivity index (χ1n) is 15.5. The summed E-state index contributed by atoms with van der Waals surface area (Å²) in [6.07, 6.45) is -0.992. The normalized spacial score (nSPS) is 16.3. The van der Waals surface area contributed by atoms with Gasteiger partial charge in [0.2, 0.25) is 0 Å². The molecule has 0 spiro atoms. The smallest absolute Gasteiger partial charge is 1.00 e. The fourth-order valence-electron chi connectivity index (χ4n) is 6.70. The molecule has 0 aromatic heterocycles. The van der Waals surface area contributed by atoms with Gasteiger partial charge in [0.1, 0.15) is 0 Å². The van der Waals surface area contributed by atoms with Crippen LogP contribution in [-0.4, -0.2) is 3.71 Å². The van der Waals surface area contributed by atoms with Gasteiger partial charge in [-0.15, -0.1) is 0 Å². The molecular formula is C39H45Cl2F3Zr. The van der Waals surface area contributed by atoms with Crippen molar-refractivity contribution < 1.29 is 59.3 Å². The molecule has 0 amide bonds. The van der Waals surface area contributed by atoms with E-state index in [1.54, 1.807) is 15.4 Å². The van der Waals surface area contributed by atoms with Crippen LogP contribution < -0.4 is 28.1 Å². The Balaban J connectivity index is 0.00000276. The summed E-state index contributed by atoms with van der Waals surface area (Å²) in [7, 11) is 0. The molecule has 0 saturated carbocycles. The van der Waals surface area contributed by atoms with Gasteiger partial charge >= 0.3 is 266 Å². The van der Waals surface area contributed by atoms with Gasteiger partial charge in [0.05, 0.1) is 0 Å². The molecule has 240 valence electrons. The average molecular weight is 733 g/mol. The van der Waals surface area contributed by atoms with E-state index in [9.17, 15) is 13.2 Å². The maximum atomic E-state index is 13.4. The predicted octanol–water partition coefficient (Wildman–Crippen LogP) is 4.48. The van der Waals surface area contributed by atoms with E-state index in [0.29, 0.717) is 11.8 Å². The van der Waals surface area contributed by atoms with Crippen molar-refractivity contribution in [2.45, 2.75) is 92.7 Å². The van der Waals surface area contributed by atoms with E-state index in [0.717, 1.165) is 12.0 Å². The molecule has 0 N–H and O–H groups in total. The number of benzene rings is 3. The van der Waals surface area contributed by atoms with Gasteiger partial charge in [0.25, 0.3) is 0 Å². The third kappa shape index (κ3) is 7.55. The Morgan fingerprint density at radius 2 is 1.33 bits per heavy atom. The minimum Gasteiger partial charge on any atom is -1.00 e. The third-order valence-corrected chi connectivity index (χ3v) is 16.7. The third-order valence-electron chi connectivity index (χ3n) is 9.22. The molecule has 2 aliphatic carbocycles. The topological polar surface area (TPSA) is 0 Å². The number of allylic oxidation sites excluding steroid dienone is 4. The maximum Gasteiger partial charge on any atom is -1.00 e. The molecule has 3 aromatic carbocycles. The van der Waals surface area contributed by atoms with Gasteiger partial charge in [-0.2, -0.15) is 0 Å². The molecule has 0 heterocycles. The second kappa shape index (κ2) is 13.4. The van der Waals surface area contributed by atoms with E-state index in [1.165, 1.54) is 59.9 Å². The van der Waals surface area contributed by atoms with Crippen LogP contribution in [0.1, 0.15) is 103 Å². The monoisotopic (exact) mass is 730 g/mol. The van der Waals surface area contributed by atoms with Crippen LogP contribution in [0, 0.1) is 11.8 Å². The number of fused-ring (bicyclic) bond motifs is 3. The van der Waals surface area contributed by atoms with Gasteiger partial charge in [0.15, 0.2) is 0 Å². The maximum absolute atomic E-state index is 13.4. The second-order valence-corrected chi connectivity index (χ2v) is 20.3. The summed E-state index contributed by atoms with van der Waals surface area (Å²) >= 11 is -2.84. The minimum atomic E-state index is -4.34. The number of rotatable bonds is 4. The molecule has 5 rings (SSSR count). The van der Waals surface area contributed by atoms with E-state index in [-0.39, 0.29) is 35.6 Å². The molecule has 6 heteroatoms. The van der Waals surface area contributed by atoms with Crippen molar-refractivity contribution >= 4 is 6.98 Å². The van der Waals surface area contributed by atoms with Crippen LogP contribution in [0.25, 0.3) is 11.1 Å². The Morgan fingerprint density at radius 1 is 0.778 bits per heavy atom. The van der Waals surface area contributed by atoms with E-state index in [4.69, 9.17) is 0 Å². The van der Waals surface area contributed by atoms with Crippen molar-refractivity contribution in [2.24, 2.45) is 11.8 Å². The molecule has 0 aliphatic heterocycles. The number of alkyl halides is 3. The average Bonchev–Trinajstić information content (AvgIpc) is 3.41. The van der Waals surface area contributed by atoms with Crippen molar-refractivity contribution in [3.05, 3.63) is 108 Å². The molecule has 2 aliphatic rings. The van der Waals surface area contributed by atoms with Crippen LogP contribution in [0.5, 0.6) is 0 Å². The summed E-state index contributed by atoms with van der Waals surface area (Å²) in [6, 6.07) is 17.7. The summed E-state index contributed by atoms with van der Waals surface area (Å²) < 4.78 is 45.7. The Hall–Kier alpha value is -1.74. The van der Waals surface area contributed by atoms with Crippen LogP contribution in [0.15, 0.2) is 75.1 Å². The number of hydrogen-bond acceptors (Lipinski definition) is 0. The molecule has 0 bridgehead atoms. The molecule has 0 fully saturated rings. The van der Waals surface area contributed by atoms with Gasteiger partial charge in [-0.25, -0.2) is 0 Å². The standard InChI is InChI=1S/C21H25.C10H15.C8H5F3.2ClH.Zr/c1-20(2,3)16-9-7-14-11-15-8-10-17(21(4,5)6)13-19(15)18(14)12-16;1-7(2)10-6-8(3)5-9(10)4;1-6-2-4-7(5-3-6)8(9,10)11;;;/h7,9-10,12-13H,11H2,1-6H3;6-8H,1-4H3;1-5H;2*1H;/q;;;;;+2/p-2. The Bertz CT molecular complexity index is 1680. The summed E-state index contributed by atoms with van der Waals surface area (Å²) in [5.74, 6) is 0.755. The van der Waals surface area contributed by atoms with Crippen LogP contribution in [0.2, 0.25) is 0 Å². The first-order valence-corrected chi connectivity index (χ1v) is 19.4. The second-order valence-electron chi connectivity index (χ2n) is 14.9. The van der Waals surface area contributed by atoms with Gasteiger partial charge < -0.3 is 24.8 Å². The summed E-state index contributed by atoms with van der Waals surface area (Å²) in [6.45, 7) is 22.8. The van der Waals surface area contributed by atoms with Gasteiger partial charge in [0, 0.05) is 0 Å². The first-order chi connectivity index (χ1) is 19.9. The molecule has 0 radical (unpaired) electrons. The van der Waals surface area contributed by atoms with Crippen LogP contribution in [0.3, 0.4) is 0 Å². The fourth-order valence-corrected chi connectivity index (χ4v) is 14.3. The van der Waals surface area contributed by atoms with Crippen molar-refractivity contribution in [2.75, 3.05) is 0 Å². The summed E-state index contributed by atoms with van der Waals surface area (Å²) in [4.78, 5) is 0. The van der Waals surface area contributed by atoms with Gasteiger partial charge in [-0.3, -0.25) is 0 Å². The predicted molar refractivity (Wildman–Crippen MR) is 173 cm³/mol. The van der Waals surface area contributed by atoms with E-state index < -0.39 is 33.0 Å². The largest absolute Gasteiger partial charge is 1.00 e. The molecule has 1 unspecified atom stereocenters. The van der Waals surface area contributed by atoms with Gasteiger partial charge in [-0.1, -0.05) is 0 Å². The Labute approximate surface area is 288 Å². The molecule has 45 heavy (non-hydrogen) atoms. The molecule has 0 saturated heterocycles. The zero-order valence-electron chi connectivity index (χ0n) is 28.1. The van der Waals surface area contributed by atoms with Crippen LogP contribution >= 0.6 is 0 Å². The van der Waals surface area contributed by atoms with Crippen molar-refractivity contribution in [3.63, 3.8) is 0 Å². The Kier molecular flexibility index (Phi) is 11.2. The summed E-state index contributed by atoms with van der Waals surface area (Å²) in [5, 5.41) is 0. The SMILES string of the molecule is CC1=[C](/[Zr+2](=[CH]/c2ccc(C(F)(F)F)cc2)[c]2cc(C(C)(C)C)cc3c2Cc2ccc(C(C)(C)C)cc2-3)C(C)C=C1C(C)C.[Cl-].[Cl-]. The number of halogens is 5. The van der Waals surface area contributed by atoms with Crippen LogP contribution in [-0.2, 0) is 44.7 Å². The van der Waals surface area contributed by atoms with Crippen molar-refractivity contribution in [1.82, 2.24) is 0 Å². The zero-order chi connectivity index (χ0) is 31.6. The first kappa shape index (κ1) is 37.7. The van der Waals surface area contributed by atoms with E-state index >= 15 is 0 Å². The number of hydrogen-bond donors (Lipinski definition) is 0. The van der Waals surface area contributed by atoms with Crippen molar-refractivity contribution in [3.8, 4) is 11.1 Å².